The Morgan fingerprint density at radius 3 is 1.96 bits per heavy atom. The van der Waals surface area contributed by atoms with Gasteiger partial charge in [-0.1, -0.05) is 154 Å². The number of fused-ring (bicyclic) bond motifs is 10. The van der Waals surface area contributed by atoms with E-state index in [1.54, 1.807) is 0 Å². The first-order valence-corrected chi connectivity index (χ1v) is 17.6. The van der Waals surface area contributed by atoms with Gasteiger partial charge >= 0.3 is 0 Å². The number of aromatic nitrogens is 3. The molecule has 238 valence electrons. The third kappa shape index (κ3) is 4.07. The van der Waals surface area contributed by atoms with Gasteiger partial charge in [0.05, 0.1) is 0 Å². The van der Waals surface area contributed by atoms with Crippen LogP contribution >= 0.6 is 0 Å². The Kier molecular flexibility index (Phi) is 6.26. The van der Waals surface area contributed by atoms with Crippen molar-refractivity contribution < 1.29 is 0 Å². The van der Waals surface area contributed by atoms with E-state index < -0.39 is 0 Å². The Labute approximate surface area is 292 Å². The van der Waals surface area contributed by atoms with E-state index in [0.29, 0.717) is 23.4 Å². The number of nitrogens with zero attached hydrogens (tertiary/aromatic N) is 3. The van der Waals surface area contributed by atoms with Crippen LogP contribution in [0.1, 0.15) is 43.0 Å². The summed E-state index contributed by atoms with van der Waals surface area (Å²) in [5.74, 6) is 2.53. The van der Waals surface area contributed by atoms with Gasteiger partial charge < -0.3 is 0 Å². The van der Waals surface area contributed by atoms with Crippen LogP contribution in [0.15, 0.2) is 140 Å². The molecule has 0 bridgehead atoms. The Morgan fingerprint density at radius 1 is 0.500 bits per heavy atom. The Balaban J connectivity index is 1.21. The molecule has 7 aromatic carbocycles. The maximum atomic E-state index is 5.33. The molecule has 3 heteroatoms. The van der Waals surface area contributed by atoms with Crippen molar-refractivity contribution in [1.29, 1.82) is 0 Å². The Hall–Kier alpha value is -5.93. The lowest BCUT2D eigenvalue weighted by molar-refractivity contribution is 0.414. The lowest BCUT2D eigenvalue weighted by Gasteiger charge is -2.32. The van der Waals surface area contributed by atoms with Crippen molar-refractivity contribution in [2.75, 3.05) is 0 Å². The molecule has 0 radical (unpaired) electrons. The van der Waals surface area contributed by atoms with Gasteiger partial charge in [-0.05, 0) is 84.5 Å². The van der Waals surface area contributed by atoms with E-state index >= 15 is 0 Å². The summed E-state index contributed by atoms with van der Waals surface area (Å²) in [5, 5.41) is 4.73. The molecule has 0 fully saturated rings. The van der Waals surface area contributed by atoms with Crippen LogP contribution in [-0.2, 0) is 11.8 Å². The summed E-state index contributed by atoms with van der Waals surface area (Å²) in [4.78, 5) is 15.7. The van der Waals surface area contributed by atoms with Crippen molar-refractivity contribution in [3.8, 4) is 56.4 Å². The van der Waals surface area contributed by atoms with Crippen molar-refractivity contribution in [3.63, 3.8) is 0 Å². The normalized spacial score (nSPS) is 15.7. The third-order valence-electron chi connectivity index (χ3n) is 11.5. The van der Waals surface area contributed by atoms with Crippen LogP contribution < -0.4 is 0 Å². The topological polar surface area (TPSA) is 38.7 Å². The van der Waals surface area contributed by atoms with E-state index in [2.05, 4.69) is 142 Å². The molecule has 0 saturated carbocycles. The van der Waals surface area contributed by atoms with E-state index in [4.69, 9.17) is 15.0 Å². The van der Waals surface area contributed by atoms with E-state index in [0.717, 1.165) is 28.5 Å². The molecule has 1 unspecified atom stereocenters. The van der Waals surface area contributed by atoms with Crippen molar-refractivity contribution in [2.45, 2.75) is 32.6 Å². The average Bonchev–Trinajstić information content (AvgIpc) is 3.68. The molecule has 10 rings (SSSR count). The van der Waals surface area contributed by atoms with Crippen LogP contribution in [0.2, 0.25) is 0 Å². The molecular formula is C47H35N3. The van der Waals surface area contributed by atoms with Crippen molar-refractivity contribution in [2.24, 2.45) is 5.92 Å². The summed E-state index contributed by atoms with van der Waals surface area (Å²) in [6.07, 6.45) is 0.843. The van der Waals surface area contributed by atoms with Crippen molar-refractivity contribution in [3.05, 3.63) is 162 Å². The highest BCUT2D eigenvalue weighted by molar-refractivity contribution is 6.13. The standard InChI is InChI=1S/C47H35N3/c1-28(2)47(3)40-23-12-11-20-37(40)43-41(47)25-24-31-27-38-35(42(31)43)21-13-22-36(38)45-48-44(29-14-5-4-6-15-29)49-46(50-45)39-26-30-16-7-8-17-32(30)33-18-9-10-19-34(33)39/h4-26,28H,27H2,1-3H3. The summed E-state index contributed by atoms with van der Waals surface area (Å²) in [7, 11) is 0. The van der Waals surface area contributed by atoms with E-state index in [1.807, 2.05) is 18.2 Å². The maximum absolute atomic E-state index is 5.33. The second-order valence-electron chi connectivity index (χ2n) is 14.3. The van der Waals surface area contributed by atoms with E-state index in [-0.39, 0.29) is 5.41 Å². The fraction of sp³-hybridized carbons (Fsp3) is 0.128. The molecule has 2 aliphatic carbocycles. The van der Waals surface area contributed by atoms with Gasteiger partial charge in [0.25, 0.3) is 0 Å². The SMILES string of the molecule is CC(C)C1(C)c2ccccc2-c2c1ccc1c2-c2cccc(-c3nc(-c4ccccc4)nc(-c4cc5ccccc5c5ccccc45)n3)c2C1. The Morgan fingerprint density at radius 2 is 1.14 bits per heavy atom. The largest absolute Gasteiger partial charge is 0.208 e. The molecule has 0 amide bonds. The quantitative estimate of drug-likeness (QED) is 0.180. The minimum Gasteiger partial charge on any atom is -0.208 e. The maximum Gasteiger partial charge on any atom is 0.164 e. The molecular weight excluding hydrogens is 607 g/mol. The minimum atomic E-state index is -0.0440. The number of benzene rings is 7. The molecule has 3 nitrogen and oxygen atoms in total. The highest BCUT2D eigenvalue weighted by Gasteiger charge is 2.44. The van der Waals surface area contributed by atoms with Crippen LogP contribution in [-0.4, -0.2) is 15.0 Å². The molecule has 1 heterocycles. The van der Waals surface area contributed by atoms with Crippen LogP contribution in [0.4, 0.5) is 0 Å². The molecule has 1 aromatic heterocycles. The van der Waals surface area contributed by atoms with Crippen LogP contribution in [0, 0.1) is 5.92 Å². The molecule has 0 spiro atoms. The third-order valence-corrected chi connectivity index (χ3v) is 11.5. The van der Waals surface area contributed by atoms with Crippen LogP contribution in [0.5, 0.6) is 0 Å². The predicted octanol–water partition coefficient (Wildman–Crippen LogP) is 11.7. The smallest absolute Gasteiger partial charge is 0.164 e. The van der Waals surface area contributed by atoms with Gasteiger partial charge in [-0.2, -0.15) is 0 Å². The number of hydrogen-bond donors (Lipinski definition) is 0. The van der Waals surface area contributed by atoms with Gasteiger partial charge in [0, 0.05) is 22.1 Å². The molecule has 50 heavy (non-hydrogen) atoms. The zero-order chi connectivity index (χ0) is 33.6. The van der Waals surface area contributed by atoms with Gasteiger partial charge in [-0.25, -0.2) is 15.0 Å². The second-order valence-corrected chi connectivity index (χ2v) is 14.3. The molecule has 0 N–H and O–H groups in total. The van der Waals surface area contributed by atoms with Gasteiger partial charge in [0.1, 0.15) is 0 Å². The van der Waals surface area contributed by atoms with E-state index in [9.17, 15) is 0 Å². The first-order valence-electron chi connectivity index (χ1n) is 17.6. The molecule has 1 atom stereocenters. The van der Waals surface area contributed by atoms with Gasteiger partial charge in [-0.3, -0.25) is 0 Å². The predicted molar refractivity (Wildman–Crippen MR) is 206 cm³/mol. The monoisotopic (exact) mass is 641 g/mol. The van der Waals surface area contributed by atoms with Crippen LogP contribution in [0.3, 0.4) is 0 Å². The summed E-state index contributed by atoms with van der Waals surface area (Å²) in [5.41, 5.74) is 13.9. The number of hydrogen-bond acceptors (Lipinski definition) is 3. The number of rotatable bonds is 4. The second kappa shape index (κ2) is 10.8. The van der Waals surface area contributed by atoms with Crippen LogP contribution in [0.25, 0.3) is 78.0 Å². The minimum absolute atomic E-state index is 0.0440. The average molecular weight is 642 g/mol. The fourth-order valence-electron chi connectivity index (χ4n) is 8.72. The molecule has 8 aromatic rings. The lowest BCUT2D eigenvalue weighted by Crippen LogP contribution is -2.27. The molecule has 0 aliphatic heterocycles. The van der Waals surface area contributed by atoms with Gasteiger partial charge in [0.2, 0.25) is 0 Å². The fourth-order valence-corrected chi connectivity index (χ4v) is 8.72. The summed E-state index contributed by atoms with van der Waals surface area (Å²) in [6, 6.07) is 50.2. The van der Waals surface area contributed by atoms with E-state index in [1.165, 1.54) is 60.7 Å². The highest BCUT2D eigenvalue weighted by atomic mass is 15.0. The van der Waals surface area contributed by atoms with Gasteiger partial charge in [-0.15, -0.1) is 0 Å². The Bertz CT molecular complexity index is 2670. The zero-order valence-electron chi connectivity index (χ0n) is 28.4. The zero-order valence-corrected chi connectivity index (χ0v) is 28.4. The highest BCUT2D eigenvalue weighted by Crippen LogP contribution is 2.58. The lowest BCUT2D eigenvalue weighted by atomic mass is 9.71. The summed E-state index contributed by atoms with van der Waals surface area (Å²) >= 11 is 0. The van der Waals surface area contributed by atoms with Gasteiger partial charge in [0.15, 0.2) is 17.5 Å². The molecule has 0 saturated heterocycles. The first-order chi connectivity index (χ1) is 24.5. The summed E-state index contributed by atoms with van der Waals surface area (Å²) < 4.78 is 0. The van der Waals surface area contributed by atoms with Crippen molar-refractivity contribution >= 4 is 21.5 Å². The van der Waals surface area contributed by atoms with Crippen molar-refractivity contribution in [1.82, 2.24) is 15.0 Å². The first kappa shape index (κ1) is 29.0. The molecule has 2 aliphatic rings. The summed E-state index contributed by atoms with van der Waals surface area (Å²) in [6.45, 7) is 7.13.